The van der Waals surface area contributed by atoms with E-state index in [1.807, 2.05) is 26.8 Å². The molecule has 1 heterocycles. The molecule has 0 aliphatic carbocycles. The Hall–Kier alpha value is -2.01. The van der Waals surface area contributed by atoms with E-state index < -0.39 is 10.0 Å². The molecule has 0 unspecified atom stereocenters. The Labute approximate surface area is 131 Å². The van der Waals surface area contributed by atoms with Crippen LogP contribution in [0.5, 0.6) is 5.75 Å². The average molecular weight is 317 g/mol. The smallest absolute Gasteiger partial charge is 0.262 e. The minimum Gasteiger partial charge on any atom is -0.485 e. The molecule has 22 heavy (non-hydrogen) atoms. The van der Waals surface area contributed by atoms with Crippen molar-refractivity contribution in [1.82, 2.24) is 0 Å². The molecule has 1 aliphatic rings. The molecule has 0 aromatic heterocycles. The molecule has 4 nitrogen and oxygen atoms in total. The van der Waals surface area contributed by atoms with Crippen LogP contribution in [-0.2, 0) is 16.4 Å². The number of anilines is 1. The van der Waals surface area contributed by atoms with Gasteiger partial charge in [-0.05, 0) is 44.5 Å². The largest absolute Gasteiger partial charge is 0.485 e. The van der Waals surface area contributed by atoms with Crippen molar-refractivity contribution in [2.45, 2.75) is 37.7 Å². The summed E-state index contributed by atoms with van der Waals surface area (Å²) in [6, 6.07) is 12.0. The van der Waals surface area contributed by atoms with Crippen LogP contribution in [0.25, 0.3) is 0 Å². The monoisotopic (exact) mass is 317 g/mol. The SMILES string of the molecule is Cc1ccc(NS(=O)(=O)c2ccccc2)c2c1CC(C)(C)O2. The second-order valence-electron chi connectivity index (χ2n) is 6.19. The molecule has 0 radical (unpaired) electrons. The lowest BCUT2D eigenvalue weighted by atomic mass is 9.98. The zero-order valence-corrected chi connectivity index (χ0v) is 13.7. The van der Waals surface area contributed by atoms with Crippen molar-refractivity contribution in [2.24, 2.45) is 0 Å². The summed E-state index contributed by atoms with van der Waals surface area (Å²) in [6.45, 7) is 6.02. The molecule has 2 aromatic rings. The number of hydrogen-bond acceptors (Lipinski definition) is 3. The molecule has 1 N–H and O–H groups in total. The van der Waals surface area contributed by atoms with Crippen molar-refractivity contribution < 1.29 is 13.2 Å². The van der Waals surface area contributed by atoms with Gasteiger partial charge in [0.2, 0.25) is 0 Å². The van der Waals surface area contributed by atoms with Crippen LogP contribution < -0.4 is 9.46 Å². The van der Waals surface area contributed by atoms with Gasteiger partial charge in [-0.15, -0.1) is 0 Å². The third-order valence-electron chi connectivity index (χ3n) is 3.77. The Kier molecular flexibility index (Phi) is 3.40. The first kappa shape index (κ1) is 14.9. The van der Waals surface area contributed by atoms with Crippen LogP contribution in [0.15, 0.2) is 47.4 Å². The highest BCUT2D eigenvalue weighted by Crippen LogP contribution is 2.42. The minimum atomic E-state index is -3.62. The molecule has 0 saturated carbocycles. The number of ether oxygens (including phenoxy) is 1. The van der Waals surface area contributed by atoms with Crippen LogP contribution in [0.2, 0.25) is 0 Å². The lowest BCUT2D eigenvalue weighted by Gasteiger charge is -2.18. The Balaban J connectivity index is 2.01. The number of nitrogens with one attached hydrogen (secondary N) is 1. The summed E-state index contributed by atoms with van der Waals surface area (Å²) in [5.74, 6) is 0.643. The summed E-state index contributed by atoms with van der Waals surface area (Å²) in [5.41, 5.74) is 2.36. The second-order valence-corrected chi connectivity index (χ2v) is 7.88. The first-order chi connectivity index (χ1) is 10.3. The van der Waals surface area contributed by atoms with Gasteiger partial charge in [0.25, 0.3) is 10.0 Å². The Morgan fingerprint density at radius 3 is 2.45 bits per heavy atom. The molecule has 0 spiro atoms. The fraction of sp³-hybridized carbons (Fsp3) is 0.294. The van der Waals surface area contributed by atoms with E-state index in [2.05, 4.69) is 4.72 Å². The molecule has 0 amide bonds. The van der Waals surface area contributed by atoms with Crippen molar-refractivity contribution in [3.8, 4) is 5.75 Å². The van der Waals surface area contributed by atoms with E-state index in [4.69, 9.17) is 4.74 Å². The highest BCUT2D eigenvalue weighted by Gasteiger charge is 2.33. The number of sulfonamides is 1. The fourth-order valence-corrected chi connectivity index (χ4v) is 3.77. The number of benzene rings is 2. The number of hydrogen-bond donors (Lipinski definition) is 1. The van der Waals surface area contributed by atoms with Crippen molar-refractivity contribution in [3.63, 3.8) is 0 Å². The van der Waals surface area contributed by atoms with E-state index in [0.29, 0.717) is 11.4 Å². The number of rotatable bonds is 3. The standard InChI is InChI=1S/C17H19NO3S/c1-12-9-10-15(16-14(12)11-17(2,3)21-16)18-22(19,20)13-7-5-4-6-8-13/h4-10,18H,11H2,1-3H3. The van der Waals surface area contributed by atoms with E-state index in [1.165, 1.54) is 0 Å². The van der Waals surface area contributed by atoms with E-state index in [-0.39, 0.29) is 10.5 Å². The molecule has 0 bridgehead atoms. The van der Waals surface area contributed by atoms with Gasteiger partial charge in [-0.25, -0.2) is 8.42 Å². The van der Waals surface area contributed by atoms with Gasteiger partial charge in [0.05, 0.1) is 10.6 Å². The summed E-state index contributed by atoms with van der Waals surface area (Å²) >= 11 is 0. The topological polar surface area (TPSA) is 55.4 Å². The first-order valence-electron chi connectivity index (χ1n) is 7.18. The molecule has 1 aliphatic heterocycles. The lowest BCUT2D eigenvalue weighted by Crippen LogP contribution is -2.25. The highest BCUT2D eigenvalue weighted by atomic mass is 32.2. The van der Waals surface area contributed by atoms with Crippen LogP contribution >= 0.6 is 0 Å². The molecule has 2 aromatic carbocycles. The summed E-state index contributed by atoms with van der Waals surface area (Å²) in [5, 5.41) is 0. The normalized spacial score (nSPS) is 16.0. The van der Waals surface area contributed by atoms with E-state index in [1.54, 1.807) is 36.4 Å². The number of fused-ring (bicyclic) bond motifs is 1. The van der Waals surface area contributed by atoms with Crippen molar-refractivity contribution in [3.05, 3.63) is 53.6 Å². The maximum absolute atomic E-state index is 12.5. The fourth-order valence-electron chi connectivity index (χ4n) is 2.68. The summed E-state index contributed by atoms with van der Waals surface area (Å²) in [7, 11) is -3.62. The zero-order valence-electron chi connectivity index (χ0n) is 12.9. The maximum atomic E-state index is 12.5. The lowest BCUT2D eigenvalue weighted by molar-refractivity contribution is 0.139. The van der Waals surface area contributed by atoms with Gasteiger partial charge in [-0.2, -0.15) is 0 Å². The minimum absolute atomic E-state index is 0.238. The zero-order chi connectivity index (χ0) is 16.0. The van der Waals surface area contributed by atoms with Gasteiger partial charge < -0.3 is 4.74 Å². The molecule has 0 saturated heterocycles. The van der Waals surface area contributed by atoms with Crippen LogP contribution in [0.1, 0.15) is 25.0 Å². The molecule has 0 fully saturated rings. The predicted molar refractivity (Wildman–Crippen MR) is 86.8 cm³/mol. The van der Waals surface area contributed by atoms with Gasteiger partial charge in [-0.3, -0.25) is 4.72 Å². The van der Waals surface area contributed by atoms with E-state index in [0.717, 1.165) is 17.5 Å². The predicted octanol–water partition coefficient (Wildman–Crippen LogP) is 3.51. The van der Waals surface area contributed by atoms with E-state index >= 15 is 0 Å². The third kappa shape index (κ3) is 2.68. The molecule has 5 heteroatoms. The van der Waals surface area contributed by atoms with E-state index in [9.17, 15) is 8.42 Å². The van der Waals surface area contributed by atoms with Gasteiger partial charge >= 0.3 is 0 Å². The highest BCUT2D eigenvalue weighted by molar-refractivity contribution is 7.92. The maximum Gasteiger partial charge on any atom is 0.262 e. The van der Waals surface area contributed by atoms with Crippen molar-refractivity contribution in [2.75, 3.05) is 4.72 Å². The van der Waals surface area contributed by atoms with Gasteiger partial charge in [-0.1, -0.05) is 24.3 Å². The summed E-state index contributed by atoms with van der Waals surface area (Å²) < 4.78 is 33.6. The van der Waals surface area contributed by atoms with Crippen LogP contribution in [-0.4, -0.2) is 14.0 Å². The first-order valence-corrected chi connectivity index (χ1v) is 8.66. The van der Waals surface area contributed by atoms with Gasteiger partial charge in [0, 0.05) is 12.0 Å². The van der Waals surface area contributed by atoms with Crippen molar-refractivity contribution >= 4 is 15.7 Å². The Morgan fingerprint density at radius 2 is 1.77 bits per heavy atom. The molecule has 0 atom stereocenters. The average Bonchev–Trinajstić information content (AvgIpc) is 2.80. The second kappa shape index (κ2) is 5.02. The summed E-state index contributed by atoms with van der Waals surface area (Å²) in [6.07, 6.45) is 0.773. The molecular weight excluding hydrogens is 298 g/mol. The van der Waals surface area contributed by atoms with Gasteiger partial charge in [0.1, 0.15) is 11.4 Å². The third-order valence-corrected chi connectivity index (χ3v) is 5.15. The molecule has 116 valence electrons. The molecular formula is C17H19NO3S. The van der Waals surface area contributed by atoms with Crippen molar-refractivity contribution in [1.29, 1.82) is 0 Å². The quantitative estimate of drug-likeness (QED) is 0.942. The van der Waals surface area contributed by atoms with Crippen LogP contribution in [0, 0.1) is 6.92 Å². The Bertz CT molecular complexity index is 811. The van der Waals surface area contributed by atoms with Crippen LogP contribution in [0.4, 0.5) is 5.69 Å². The summed E-state index contributed by atoms with van der Waals surface area (Å²) in [4.78, 5) is 0.238. The Morgan fingerprint density at radius 1 is 1.09 bits per heavy atom. The van der Waals surface area contributed by atoms with Crippen LogP contribution in [0.3, 0.4) is 0 Å². The molecule has 3 rings (SSSR count). The number of aryl methyl sites for hydroxylation is 1. The van der Waals surface area contributed by atoms with Gasteiger partial charge in [0.15, 0.2) is 0 Å².